The zero-order chi connectivity index (χ0) is 14.5. The molecule has 5 nitrogen and oxygen atoms in total. The molecule has 0 spiro atoms. The van der Waals surface area contributed by atoms with Gasteiger partial charge in [-0.15, -0.1) is 0 Å². The number of ether oxygens (including phenoxy) is 2. The van der Waals surface area contributed by atoms with Gasteiger partial charge in [0.15, 0.2) is 5.75 Å². The van der Waals surface area contributed by atoms with E-state index < -0.39 is 5.97 Å². The molecular formula is C15H18N2O3. The first-order valence-electron chi connectivity index (χ1n) is 6.75. The van der Waals surface area contributed by atoms with E-state index in [1.54, 1.807) is 6.07 Å². The number of fused-ring (bicyclic) bond motifs is 1. The number of nitriles is 1. The molecule has 1 aromatic carbocycles. The maximum Gasteiger partial charge on any atom is 0.337 e. The number of unbranched alkanes of at least 4 members (excludes halogenated alkanes) is 1. The number of carbonyl (C=O) groups is 1. The number of carbonyl (C=O) groups excluding carboxylic acids is 1. The van der Waals surface area contributed by atoms with E-state index >= 15 is 0 Å². The molecule has 1 aliphatic heterocycles. The topological polar surface area (TPSA) is 62.6 Å². The van der Waals surface area contributed by atoms with E-state index in [4.69, 9.17) is 9.47 Å². The van der Waals surface area contributed by atoms with Crippen LogP contribution in [0.5, 0.6) is 5.75 Å². The summed E-state index contributed by atoms with van der Waals surface area (Å²) < 4.78 is 10.3. The number of benzene rings is 1. The van der Waals surface area contributed by atoms with E-state index in [0.29, 0.717) is 23.5 Å². The predicted octanol–water partition coefficient (Wildman–Crippen LogP) is 2.34. The van der Waals surface area contributed by atoms with E-state index in [1.807, 2.05) is 0 Å². The summed E-state index contributed by atoms with van der Waals surface area (Å²) in [6.45, 7) is 4.35. The minimum Gasteiger partial charge on any atom is -0.488 e. The van der Waals surface area contributed by atoms with Gasteiger partial charge in [0.1, 0.15) is 12.7 Å². The Hall–Kier alpha value is -2.22. The highest BCUT2D eigenvalue weighted by atomic mass is 16.5. The van der Waals surface area contributed by atoms with Gasteiger partial charge in [0, 0.05) is 6.54 Å². The minimum absolute atomic E-state index is 0.379. The smallest absolute Gasteiger partial charge is 0.337 e. The first-order chi connectivity index (χ1) is 9.71. The van der Waals surface area contributed by atoms with Gasteiger partial charge in [-0.3, -0.25) is 0 Å². The van der Waals surface area contributed by atoms with Crippen molar-refractivity contribution in [2.75, 3.05) is 31.7 Å². The summed E-state index contributed by atoms with van der Waals surface area (Å²) in [5.41, 5.74) is 1.57. The summed E-state index contributed by atoms with van der Waals surface area (Å²) in [5, 5.41) is 9.23. The monoisotopic (exact) mass is 274 g/mol. The lowest BCUT2D eigenvalue weighted by atomic mass is 10.1. The van der Waals surface area contributed by atoms with Gasteiger partial charge in [-0.2, -0.15) is 5.26 Å². The minimum atomic E-state index is -0.440. The molecule has 0 aromatic heterocycles. The quantitative estimate of drug-likeness (QED) is 0.789. The Labute approximate surface area is 118 Å². The molecule has 106 valence electrons. The second kappa shape index (κ2) is 6.29. The Morgan fingerprint density at radius 2 is 2.35 bits per heavy atom. The highest BCUT2D eigenvalue weighted by Crippen LogP contribution is 2.36. The van der Waals surface area contributed by atoms with E-state index in [0.717, 1.165) is 31.6 Å². The lowest BCUT2D eigenvalue weighted by Gasteiger charge is -2.32. The third-order valence-corrected chi connectivity index (χ3v) is 3.34. The largest absolute Gasteiger partial charge is 0.488 e. The van der Waals surface area contributed by atoms with Crippen molar-refractivity contribution in [2.24, 2.45) is 0 Å². The molecule has 5 heteroatoms. The van der Waals surface area contributed by atoms with Gasteiger partial charge in [0.05, 0.1) is 30.5 Å². The standard InChI is InChI=1S/C15H18N2O3/c1-3-4-5-17-6-7-20-14-12(10-16)8-11(9-13(14)17)15(18)19-2/h8-9H,3-7H2,1-2H3. The van der Waals surface area contributed by atoms with Gasteiger partial charge in [0.25, 0.3) is 0 Å². The number of rotatable bonds is 4. The van der Waals surface area contributed by atoms with Gasteiger partial charge in [-0.1, -0.05) is 13.3 Å². The van der Waals surface area contributed by atoms with Gasteiger partial charge in [-0.05, 0) is 18.6 Å². The molecule has 2 rings (SSSR count). The fourth-order valence-corrected chi connectivity index (χ4v) is 2.28. The number of hydrogen-bond acceptors (Lipinski definition) is 5. The van der Waals surface area contributed by atoms with E-state index in [-0.39, 0.29) is 0 Å². The van der Waals surface area contributed by atoms with Gasteiger partial charge in [-0.25, -0.2) is 4.79 Å². The van der Waals surface area contributed by atoms with Crippen LogP contribution in [0.4, 0.5) is 5.69 Å². The SMILES string of the molecule is CCCCN1CCOc2c(C#N)cc(C(=O)OC)cc21. The van der Waals surface area contributed by atoms with Crippen LogP contribution in [0.15, 0.2) is 12.1 Å². The van der Waals surface area contributed by atoms with Gasteiger partial charge < -0.3 is 14.4 Å². The molecule has 20 heavy (non-hydrogen) atoms. The van der Waals surface area contributed by atoms with Crippen LogP contribution >= 0.6 is 0 Å². The van der Waals surface area contributed by atoms with Crippen LogP contribution in [0.3, 0.4) is 0 Å². The highest BCUT2D eigenvalue weighted by Gasteiger charge is 2.23. The molecular weight excluding hydrogens is 256 g/mol. The summed E-state index contributed by atoms with van der Waals surface area (Å²) in [6, 6.07) is 5.36. The molecule has 0 radical (unpaired) electrons. The summed E-state index contributed by atoms with van der Waals surface area (Å²) >= 11 is 0. The third-order valence-electron chi connectivity index (χ3n) is 3.34. The van der Waals surface area contributed by atoms with E-state index in [9.17, 15) is 10.1 Å². The van der Waals surface area contributed by atoms with Crippen molar-refractivity contribution in [1.29, 1.82) is 5.26 Å². The zero-order valence-electron chi connectivity index (χ0n) is 11.8. The van der Waals surface area contributed by atoms with Crippen molar-refractivity contribution in [3.05, 3.63) is 23.3 Å². The average molecular weight is 274 g/mol. The predicted molar refractivity (Wildman–Crippen MR) is 75.1 cm³/mol. The number of esters is 1. The van der Waals surface area contributed by atoms with E-state index in [1.165, 1.54) is 13.2 Å². The normalized spacial score (nSPS) is 13.2. The molecule has 1 heterocycles. The van der Waals surface area contributed by atoms with Crippen molar-refractivity contribution in [3.63, 3.8) is 0 Å². The summed E-state index contributed by atoms with van der Waals surface area (Å²) in [5.74, 6) is 0.132. The van der Waals surface area contributed by atoms with Crippen LogP contribution in [0, 0.1) is 11.3 Å². The van der Waals surface area contributed by atoms with Crippen molar-refractivity contribution in [2.45, 2.75) is 19.8 Å². The number of methoxy groups -OCH3 is 1. The molecule has 0 N–H and O–H groups in total. The lowest BCUT2D eigenvalue weighted by Crippen LogP contribution is -2.34. The first kappa shape index (κ1) is 14.2. The molecule has 0 unspecified atom stereocenters. The molecule has 0 amide bonds. The second-order valence-corrected chi connectivity index (χ2v) is 4.66. The maximum atomic E-state index is 11.7. The number of anilines is 1. The molecule has 0 saturated heterocycles. The van der Waals surface area contributed by atoms with Crippen molar-refractivity contribution >= 4 is 11.7 Å². The molecule has 0 saturated carbocycles. The Morgan fingerprint density at radius 3 is 3.00 bits per heavy atom. The summed E-state index contributed by atoms with van der Waals surface area (Å²) in [6.07, 6.45) is 2.15. The molecule has 0 fully saturated rings. The first-order valence-corrected chi connectivity index (χ1v) is 6.75. The Balaban J connectivity index is 2.45. The van der Waals surface area contributed by atoms with Crippen molar-refractivity contribution in [1.82, 2.24) is 0 Å². The zero-order valence-corrected chi connectivity index (χ0v) is 11.8. The second-order valence-electron chi connectivity index (χ2n) is 4.66. The fraction of sp³-hybridized carbons (Fsp3) is 0.467. The van der Waals surface area contributed by atoms with Crippen LogP contribution in [-0.4, -0.2) is 32.8 Å². The van der Waals surface area contributed by atoms with Crippen molar-refractivity contribution in [3.8, 4) is 11.8 Å². The molecule has 1 aromatic rings. The van der Waals surface area contributed by atoms with Crippen LogP contribution in [0.1, 0.15) is 35.7 Å². The van der Waals surface area contributed by atoms with Gasteiger partial charge in [0.2, 0.25) is 0 Å². The average Bonchev–Trinajstić information content (AvgIpc) is 2.50. The number of hydrogen-bond donors (Lipinski definition) is 0. The van der Waals surface area contributed by atoms with Crippen molar-refractivity contribution < 1.29 is 14.3 Å². The fourth-order valence-electron chi connectivity index (χ4n) is 2.28. The summed E-state index contributed by atoms with van der Waals surface area (Å²) in [7, 11) is 1.33. The molecule has 0 bridgehead atoms. The number of nitrogens with zero attached hydrogens (tertiary/aromatic N) is 2. The summed E-state index contributed by atoms with van der Waals surface area (Å²) in [4.78, 5) is 13.9. The Morgan fingerprint density at radius 1 is 1.55 bits per heavy atom. The van der Waals surface area contributed by atoms with Crippen LogP contribution in [-0.2, 0) is 4.74 Å². The Kier molecular flexibility index (Phi) is 4.46. The maximum absolute atomic E-state index is 11.7. The Bertz CT molecular complexity index is 549. The molecule has 0 aliphatic carbocycles. The van der Waals surface area contributed by atoms with E-state index in [2.05, 4.69) is 17.9 Å². The van der Waals surface area contributed by atoms with Crippen LogP contribution in [0.2, 0.25) is 0 Å². The lowest BCUT2D eigenvalue weighted by molar-refractivity contribution is 0.0600. The molecule has 0 atom stereocenters. The molecule has 1 aliphatic rings. The van der Waals surface area contributed by atoms with Crippen LogP contribution < -0.4 is 9.64 Å². The van der Waals surface area contributed by atoms with Crippen LogP contribution in [0.25, 0.3) is 0 Å². The highest BCUT2D eigenvalue weighted by molar-refractivity contribution is 5.92. The van der Waals surface area contributed by atoms with Gasteiger partial charge >= 0.3 is 5.97 Å². The third kappa shape index (κ3) is 2.69.